The molecule has 0 aliphatic heterocycles. The fourth-order valence-corrected chi connectivity index (χ4v) is 2.83. The average Bonchev–Trinajstić information content (AvgIpc) is 2.89. The third-order valence-electron chi connectivity index (χ3n) is 2.96. The van der Waals surface area contributed by atoms with E-state index in [2.05, 4.69) is 16.3 Å². The lowest BCUT2D eigenvalue weighted by molar-refractivity contribution is 0.0746. The Morgan fingerprint density at radius 2 is 2.15 bits per heavy atom. The van der Waals surface area contributed by atoms with Gasteiger partial charge in [-0.05, 0) is 43.1 Å². The number of ether oxygens (including phenoxy) is 1. The lowest BCUT2D eigenvalue weighted by Gasteiger charge is -2.20. The van der Waals surface area contributed by atoms with Gasteiger partial charge in [0.25, 0.3) is 0 Å². The van der Waals surface area contributed by atoms with Crippen LogP contribution in [0.25, 0.3) is 0 Å². The summed E-state index contributed by atoms with van der Waals surface area (Å²) in [5.74, 6) is 0.810. The molecule has 0 saturated carbocycles. The summed E-state index contributed by atoms with van der Waals surface area (Å²) in [6, 6.07) is 12.0. The minimum Gasteiger partial charge on any atom is -0.491 e. The van der Waals surface area contributed by atoms with Crippen LogP contribution in [0, 0.1) is 6.92 Å². The molecule has 0 fully saturated rings. The van der Waals surface area contributed by atoms with Crippen molar-refractivity contribution in [2.24, 2.45) is 0 Å². The van der Waals surface area contributed by atoms with Gasteiger partial charge in [-0.25, -0.2) is 0 Å². The zero-order valence-corrected chi connectivity index (χ0v) is 12.8. The molecule has 1 aromatic heterocycles. The molecular weight excluding hydrogens is 270 g/mol. The summed E-state index contributed by atoms with van der Waals surface area (Å²) >= 11 is 1.74. The van der Waals surface area contributed by atoms with Crippen LogP contribution in [0.4, 0.5) is 0 Å². The normalized spacial score (nSPS) is 12.6. The molecule has 0 saturated heterocycles. The number of benzene rings is 1. The molecule has 1 atom stereocenters. The van der Waals surface area contributed by atoms with Gasteiger partial charge in [0.15, 0.2) is 0 Å². The highest BCUT2D eigenvalue weighted by Crippen LogP contribution is 2.13. The number of hydrogen-bond acceptors (Lipinski definition) is 4. The molecule has 3 nitrogen and oxygen atoms in total. The van der Waals surface area contributed by atoms with Crippen molar-refractivity contribution in [1.82, 2.24) is 4.90 Å². The Balaban J connectivity index is 1.73. The molecule has 1 aromatic carbocycles. The second-order valence-corrected chi connectivity index (χ2v) is 6.09. The molecule has 20 heavy (non-hydrogen) atoms. The third kappa shape index (κ3) is 4.96. The quantitative estimate of drug-likeness (QED) is 0.851. The van der Waals surface area contributed by atoms with Crippen LogP contribution in [0.15, 0.2) is 41.8 Å². The first kappa shape index (κ1) is 15.0. The largest absolute Gasteiger partial charge is 0.491 e. The minimum atomic E-state index is -0.486. The zero-order chi connectivity index (χ0) is 14.4. The molecular formula is C16H21NO2S. The molecule has 0 aliphatic rings. The number of hydrogen-bond donors (Lipinski definition) is 1. The molecule has 0 bridgehead atoms. The van der Waals surface area contributed by atoms with Gasteiger partial charge in [0, 0.05) is 18.0 Å². The number of aryl methyl sites for hydroxylation is 1. The van der Waals surface area contributed by atoms with E-state index in [9.17, 15) is 5.11 Å². The third-order valence-corrected chi connectivity index (χ3v) is 3.82. The van der Waals surface area contributed by atoms with Crippen LogP contribution >= 0.6 is 11.3 Å². The number of rotatable bonds is 7. The van der Waals surface area contributed by atoms with Gasteiger partial charge >= 0.3 is 0 Å². The molecule has 0 radical (unpaired) electrons. The predicted molar refractivity (Wildman–Crippen MR) is 83.3 cm³/mol. The maximum atomic E-state index is 10.0. The summed E-state index contributed by atoms with van der Waals surface area (Å²) < 4.78 is 5.61. The number of aliphatic hydroxyl groups excluding tert-OH is 1. The summed E-state index contributed by atoms with van der Waals surface area (Å²) in [4.78, 5) is 3.41. The second-order valence-electron chi connectivity index (χ2n) is 5.06. The van der Waals surface area contributed by atoms with E-state index < -0.39 is 6.10 Å². The highest BCUT2D eigenvalue weighted by molar-refractivity contribution is 7.09. The number of nitrogens with zero attached hydrogens (tertiary/aromatic N) is 1. The standard InChI is InChI=1S/C16H21NO2S/c1-13-5-3-6-15(9-13)19-12-14(18)10-17(2)11-16-7-4-8-20-16/h3-9,14,18H,10-12H2,1-2H3. The second kappa shape index (κ2) is 7.43. The Morgan fingerprint density at radius 3 is 2.85 bits per heavy atom. The molecule has 2 aromatic rings. The Hall–Kier alpha value is -1.36. The Bertz CT molecular complexity index is 513. The monoisotopic (exact) mass is 291 g/mol. The van der Waals surface area contributed by atoms with Crippen LogP contribution in [-0.4, -0.2) is 36.3 Å². The number of likely N-dealkylation sites (N-methyl/N-ethyl adjacent to an activating group) is 1. The Kier molecular flexibility index (Phi) is 5.59. The maximum absolute atomic E-state index is 10.0. The average molecular weight is 291 g/mol. The van der Waals surface area contributed by atoms with Gasteiger partial charge in [-0.1, -0.05) is 18.2 Å². The van der Waals surface area contributed by atoms with Crippen LogP contribution in [0.2, 0.25) is 0 Å². The van der Waals surface area contributed by atoms with Crippen LogP contribution in [0.5, 0.6) is 5.75 Å². The van der Waals surface area contributed by atoms with Crippen molar-refractivity contribution in [1.29, 1.82) is 0 Å². The summed E-state index contributed by atoms with van der Waals surface area (Å²) in [6.45, 7) is 3.80. The van der Waals surface area contributed by atoms with Crippen molar-refractivity contribution in [3.8, 4) is 5.75 Å². The Morgan fingerprint density at radius 1 is 1.30 bits per heavy atom. The SMILES string of the molecule is Cc1cccc(OCC(O)CN(C)Cc2cccs2)c1. The molecule has 2 rings (SSSR count). The Labute approximate surface area is 124 Å². The molecule has 1 heterocycles. The zero-order valence-electron chi connectivity index (χ0n) is 12.0. The van der Waals surface area contributed by atoms with Crippen molar-refractivity contribution >= 4 is 11.3 Å². The van der Waals surface area contributed by atoms with Crippen LogP contribution in [0.1, 0.15) is 10.4 Å². The van der Waals surface area contributed by atoms with Gasteiger partial charge in [-0.2, -0.15) is 0 Å². The number of thiophene rings is 1. The first-order valence-electron chi connectivity index (χ1n) is 6.72. The molecule has 4 heteroatoms. The van der Waals surface area contributed by atoms with Crippen molar-refractivity contribution in [3.05, 3.63) is 52.2 Å². The predicted octanol–water partition coefficient (Wildman–Crippen LogP) is 2.93. The number of aliphatic hydroxyl groups is 1. The van der Waals surface area contributed by atoms with Gasteiger partial charge in [0.2, 0.25) is 0 Å². The van der Waals surface area contributed by atoms with E-state index in [1.165, 1.54) is 4.88 Å². The first-order chi connectivity index (χ1) is 9.63. The molecule has 0 amide bonds. The van der Waals surface area contributed by atoms with Crippen molar-refractivity contribution in [3.63, 3.8) is 0 Å². The van der Waals surface area contributed by atoms with Gasteiger partial charge in [-0.3, -0.25) is 4.90 Å². The van der Waals surface area contributed by atoms with Gasteiger partial charge in [0.05, 0.1) is 0 Å². The molecule has 1 N–H and O–H groups in total. The minimum absolute atomic E-state index is 0.318. The molecule has 0 spiro atoms. The van der Waals surface area contributed by atoms with Crippen molar-refractivity contribution < 1.29 is 9.84 Å². The fourth-order valence-electron chi connectivity index (χ4n) is 2.04. The molecule has 1 unspecified atom stereocenters. The highest BCUT2D eigenvalue weighted by atomic mass is 32.1. The van der Waals surface area contributed by atoms with Gasteiger partial charge in [-0.15, -0.1) is 11.3 Å². The lowest BCUT2D eigenvalue weighted by Crippen LogP contribution is -2.32. The summed E-state index contributed by atoms with van der Waals surface area (Å²) in [5, 5.41) is 12.1. The fraction of sp³-hybridized carbons (Fsp3) is 0.375. The highest BCUT2D eigenvalue weighted by Gasteiger charge is 2.10. The molecule has 108 valence electrons. The van der Waals surface area contributed by atoms with E-state index in [-0.39, 0.29) is 0 Å². The summed E-state index contributed by atoms with van der Waals surface area (Å²) in [5.41, 5.74) is 1.16. The lowest BCUT2D eigenvalue weighted by atomic mass is 10.2. The summed E-state index contributed by atoms with van der Waals surface area (Å²) in [6.07, 6.45) is -0.486. The van der Waals surface area contributed by atoms with E-state index in [1.807, 2.05) is 44.3 Å². The van der Waals surface area contributed by atoms with E-state index in [1.54, 1.807) is 11.3 Å². The van der Waals surface area contributed by atoms with E-state index >= 15 is 0 Å². The van der Waals surface area contributed by atoms with Gasteiger partial charge in [0.1, 0.15) is 18.5 Å². The van der Waals surface area contributed by atoms with E-state index in [0.717, 1.165) is 17.9 Å². The summed E-state index contributed by atoms with van der Waals surface area (Å²) in [7, 11) is 2.01. The van der Waals surface area contributed by atoms with Crippen molar-refractivity contribution in [2.75, 3.05) is 20.2 Å². The maximum Gasteiger partial charge on any atom is 0.119 e. The first-order valence-corrected chi connectivity index (χ1v) is 7.60. The van der Waals surface area contributed by atoms with Crippen molar-refractivity contribution in [2.45, 2.75) is 19.6 Å². The van der Waals surface area contributed by atoms with E-state index in [4.69, 9.17) is 4.74 Å². The van der Waals surface area contributed by atoms with Crippen LogP contribution < -0.4 is 4.74 Å². The molecule has 0 aliphatic carbocycles. The topological polar surface area (TPSA) is 32.7 Å². The van der Waals surface area contributed by atoms with E-state index in [0.29, 0.717) is 13.2 Å². The van der Waals surface area contributed by atoms with Gasteiger partial charge < -0.3 is 9.84 Å². The van der Waals surface area contributed by atoms with Crippen LogP contribution in [-0.2, 0) is 6.54 Å². The smallest absolute Gasteiger partial charge is 0.119 e. The van der Waals surface area contributed by atoms with Crippen LogP contribution in [0.3, 0.4) is 0 Å².